The van der Waals surface area contributed by atoms with E-state index in [0.29, 0.717) is 12.0 Å². The fraction of sp³-hybridized carbons (Fsp3) is 0.300. The minimum atomic E-state index is -0.979. The molecule has 0 saturated carbocycles. The molecule has 1 aromatic carbocycles. The van der Waals surface area contributed by atoms with E-state index < -0.39 is 11.6 Å². The lowest BCUT2D eigenvalue weighted by Crippen LogP contribution is -1.98. The first-order valence-electron chi connectivity index (χ1n) is 4.19. The molecular formula is C10H8BrF2NO. The van der Waals surface area contributed by atoms with Crippen molar-refractivity contribution in [3.8, 4) is 11.8 Å². The summed E-state index contributed by atoms with van der Waals surface area (Å²) in [5.74, 6) is -1.69. The number of rotatable bonds is 3. The molecule has 0 radical (unpaired) electrons. The molecule has 0 aliphatic carbocycles. The number of hydrogen-bond donors (Lipinski definition) is 0. The summed E-state index contributed by atoms with van der Waals surface area (Å²) in [4.78, 5) is 0. The lowest BCUT2D eigenvalue weighted by molar-refractivity contribution is 0.396. The van der Waals surface area contributed by atoms with Crippen molar-refractivity contribution in [3.63, 3.8) is 0 Å². The largest absolute Gasteiger partial charge is 0.495 e. The van der Waals surface area contributed by atoms with Gasteiger partial charge in [-0.05, 0) is 34.0 Å². The molecule has 0 aliphatic rings. The number of hydrogen-bond acceptors (Lipinski definition) is 2. The second-order valence-corrected chi connectivity index (χ2v) is 3.63. The maximum Gasteiger partial charge on any atom is 0.176 e. The van der Waals surface area contributed by atoms with Crippen molar-refractivity contribution in [2.24, 2.45) is 0 Å². The molecule has 1 aromatic rings. The molecule has 0 atom stereocenters. The zero-order valence-corrected chi connectivity index (χ0v) is 9.57. The average molecular weight is 276 g/mol. The summed E-state index contributed by atoms with van der Waals surface area (Å²) < 4.78 is 31.1. The molecule has 80 valence electrons. The Kier molecular flexibility index (Phi) is 4.04. The monoisotopic (exact) mass is 275 g/mol. The molecule has 0 unspecified atom stereocenters. The van der Waals surface area contributed by atoms with Gasteiger partial charge in [-0.25, -0.2) is 8.78 Å². The van der Waals surface area contributed by atoms with Gasteiger partial charge in [0.15, 0.2) is 11.6 Å². The van der Waals surface area contributed by atoms with Crippen LogP contribution in [0.15, 0.2) is 10.5 Å². The molecule has 0 aliphatic heterocycles. The van der Waals surface area contributed by atoms with E-state index in [0.717, 1.165) is 6.07 Å². The van der Waals surface area contributed by atoms with Crippen LogP contribution >= 0.6 is 15.9 Å². The molecule has 0 spiro atoms. The predicted molar refractivity (Wildman–Crippen MR) is 54.5 cm³/mol. The van der Waals surface area contributed by atoms with E-state index in [4.69, 9.17) is 10.00 Å². The topological polar surface area (TPSA) is 33.0 Å². The van der Waals surface area contributed by atoms with Gasteiger partial charge in [0.2, 0.25) is 0 Å². The second-order valence-electron chi connectivity index (χ2n) is 2.84. The van der Waals surface area contributed by atoms with Gasteiger partial charge in [0.1, 0.15) is 5.75 Å². The minimum Gasteiger partial charge on any atom is -0.495 e. The lowest BCUT2D eigenvalue weighted by Gasteiger charge is -2.10. The summed E-state index contributed by atoms with van der Waals surface area (Å²) in [5.41, 5.74) is 0.477. The highest BCUT2D eigenvalue weighted by atomic mass is 79.9. The van der Waals surface area contributed by atoms with Crippen molar-refractivity contribution in [1.29, 1.82) is 5.26 Å². The van der Waals surface area contributed by atoms with Gasteiger partial charge in [-0.3, -0.25) is 0 Å². The van der Waals surface area contributed by atoms with Gasteiger partial charge >= 0.3 is 0 Å². The number of methoxy groups -OCH3 is 1. The Labute approximate surface area is 94.6 Å². The van der Waals surface area contributed by atoms with Crippen LogP contribution in [0.5, 0.6) is 5.75 Å². The van der Waals surface area contributed by atoms with Gasteiger partial charge in [-0.15, -0.1) is 0 Å². The lowest BCUT2D eigenvalue weighted by atomic mass is 10.1. The molecule has 0 heterocycles. The third-order valence-corrected chi connectivity index (χ3v) is 2.61. The zero-order chi connectivity index (χ0) is 11.4. The fourth-order valence-electron chi connectivity index (χ4n) is 1.22. The van der Waals surface area contributed by atoms with Crippen molar-refractivity contribution in [3.05, 3.63) is 27.7 Å². The average Bonchev–Trinajstić information content (AvgIpc) is 2.23. The Bertz CT molecular complexity index is 415. The number of halogens is 3. The van der Waals surface area contributed by atoms with E-state index in [-0.39, 0.29) is 16.6 Å². The van der Waals surface area contributed by atoms with Crippen LogP contribution in [0.1, 0.15) is 12.0 Å². The molecule has 0 amide bonds. The van der Waals surface area contributed by atoms with Crippen molar-refractivity contribution < 1.29 is 13.5 Å². The number of benzene rings is 1. The number of nitriles is 1. The molecule has 0 saturated heterocycles. The van der Waals surface area contributed by atoms with Crippen LogP contribution in [0.3, 0.4) is 0 Å². The minimum absolute atomic E-state index is 0.0436. The van der Waals surface area contributed by atoms with Crippen molar-refractivity contribution >= 4 is 15.9 Å². The smallest absolute Gasteiger partial charge is 0.176 e. The molecule has 5 heteroatoms. The van der Waals surface area contributed by atoms with Crippen molar-refractivity contribution in [1.82, 2.24) is 0 Å². The number of nitrogens with zero attached hydrogens (tertiary/aromatic N) is 1. The molecule has 0 aromatic heterocycles. The summed E-state index contributed by atoms with van der Waals surface area (Å²) in [5, 5.41) is 8.41. The molecule has 15 heavy (non-hydrogen) atoms. The summed E-state index contributed by atoms with van der Waals surface area (Å²) in [6.45, 7) is 0. The molecule has 0 N–H and O–H groups in total. The maximum atomic E-state index is 13.1. The first-order chi connectivity index (χ1) is 7.11. The van der Waals surface area contributed by atoms with Gasteiger partial charge in [-0.2, -0.15) is 5.26 Å². The van der Waals surface area contributed by atoms with Gasteiger partial charge in [-0.1, -0.05) is 0 Å². The third-order valence-electron chi connectivity index (χ3n) is 1.90. The molecular weight excluding hydrogens is 268 g/mol. The standard InChI is InChI=1S/C10H8BrF2NO/c1-15-10-6(3-2-4-14)5-7(12)9(13)8(10)11/h5H,2-3H2,1H3. The summed E-state index contributed by atoms with van der Waals surface area (Å²) in [6.07, 6.45) is 0.559. The number of ether oxygens (including phenoxy) is 1. The Hall–Kier alpha value is -1.15. The van der Waals surface area contributed by atoms with Crippen LogP contribution < -0.4 is 4.74 Å². The van der Waals surface area contributed by atoms with E-state index in [1.54, 1.807) is 0 Å². The SMILES string of the molecule is COc1c(CCC#N)cc(F)c(F)c1Br. The summed E-state index contributed by atoms with van der Waals surface area (Å²) in [6, 6.07) is 2.99. The molecule has 0 fully saturated rings. The van der Waals surface area contributed by atoms with Crippen LogP contribution in [-0.4, -0.2) is 7.11 Å². The highest BCUT2D eigenvalue weighted by Gasteiger charge is 2.16. The van der Waals surface area contributed by atoms with E-state index in [9.17, 15) is 8.78 Å². The van der Waals surface area contributed by atoms with E-state index in [2.05, 4.69) is 15.9 Å². The predicted octanol–water partition coefficient (Wildman–Crippen LogP) is 3.19. The van der Waals surface area contributed by atoms with E-state index >= 15 is 0 Å². The highest BCUT2D eigenvalue weighted by molar-refractivity contribution is 9.10. The normalized spacial score (nSPS) is 9.80. The first-order valence-corrected chi connectivity index (χ1v) is 4.98. The second kappa shape index (κ2) is 5.08. The fourth-order valence-corrected chi connectivity index (χ4v) is 1.83. The van der Waals surface area contributed by atoms with Crippen molar-refractivity contribution in [2.45, 2.75) is 12.8 Å². The van der Waals surface area contributed by atoms with Gasteiger partial charge < -0.3 is 4.74 Å². The maximum absolute atomic E-state index is 13.1. The van der Waals surface area contributed by atoms with Crippen LogP contribution in [0, 0.1) is 23.0 Å². The first kappa shape index (κ1) is 11.9. The van der Waals surface area contributed by atoms with Crippen LogP contribution in [0.4, 0.5) is 8.78 Å². The van der Waals surface area contributed by atoms with Crippen LogP contribution in [0.25, 0.3) is 0 Å². The van der Waals surface area contributed by atoms with E-state index in [1.165, 1.54) is 7.11 Å². The quantitative estimate of drug-likeness (QED) is 0.794. The van der Waals surface area contributed by atoms with Crippen molar-refractivity contribution in [2.75, 3.05) is 7.11 Å². The third kappa shape index (κ3) is 2.45. The molecule has 0 bridgehead atoms. The Morgan fingerprint density at radius 2 is 2.20 bits per heavy atom. The Morgan fingerprint density at radius 3 is 2.73 bits per heavy atom. The van der Waals surface area contributed by atoms with Crippen LogP contribution in [0.2, 0.25) is 0 Å². The van der Waals surface area contributed by atoms with Gasteiger partial charge in [0.25, 0.3) is 0 Å². The van der Waals surface area contributed by atoms with Gasteiger partial charge in [0, 0.05) is 6.42 Å². The summed E-state index contributed by atoms with van der Waals surface area (Å²) >= 11 is 2.91. The summed E-state index contributed by atoms with van der Waals surface area (Å²) in [7, 11) is 1.37. The number of aryl methyl sites for hydroxylation is 1. The Balaban J connectivity index is 3.20. The van der Waals surface area contributed by atoms with Gasteiger partial charge in [0.05, 0.1) is 17.7 Å². The van der Waals surface area contributed by atoms with Crippen LogP contribution in [-0.2, 0) is 6.42 Å². The zero-order valence-electron chi connectivity index (χ0n) is 7.98. The Morgan fingerprint density at radius 1 is 1.53 bits per heavy atom. The van der Waals surface area contributed by atoms with E-state index in [1.807, 2.05) is 6.07 Å². The highest BCUT2D eigenvalue weighted by Crippen LogP contribution is 2.33. The molecule has 1 rings (SSSR count). The molecule has 2 nitrogen and oxygen atoms in total.